The molecule has 0 amide bonds. The van der Waals surface area contributed by atoms with Crippen LogP contribution in [0.25, 0.3) is 9.66 Å². The van der Waals surface area contributed by atoms with Crippen molar-refractivity contribution in [3.63, 3.8) is 0 Å². The third-order valence-electron chi connectivity index (χ3n) is 3.49. The van der Waals surface area contributed by atoms with E-state index in [-0.39, 0.29) is 9.79 Å². The molecule has 0 fully saturated rings. The van der Waals surface area contributed by atoms with Gasteiger partial charge in [-0.15, -0.1) is 22.7 Å². The average molecular weight is 487 g/mol. The van der Waals surface area contributed by atoms with Crippen LogP contribution in [0.3, 0.4) is 0 Å². The molecule has 4 aromatic rings. The van der Waals surface area contributed by atoms with Gasteiger partial charge in [0.2, 0.25) is 0 Å². The monoisotopic (exact) mass is 486 g/mol. The summed E-state index contributed by atoms with van der Waals surface area (Å²) < 4.78 is 59.1. The Kier molecular flexibility index (Phi) is 8.18. The number of thiazole rings is 2. The van der Waals surface area contributed by atoms with Crippen LogP contribution >= 0.6 is 22.7 Å². The summed E-state index contributed by atoms with van der Waals surface area (Å²) in [6.45, 7) is 3.68. The molecular weight excluding hydrogens is 468 g/mol. The van der Waals surface area contributed by atoms with Crippen molar-refractivity contribution in [3.05, 3.63) is 70.7 Å². The average Bonchev–Trinajstić information content (AvgIpc) is 3.27. The first-order valence-corrected chi connectivity index (χ1v) is 12.8. The van der Waals surface area contributed by atoms with Crippen LogP contribution in [0.15, 0.2) is 69.3 Å². The number of hydrogen-bond donors (Lipinski definition) is 2. The zero-order valence-corrected chi connectivity index (χ0v) is 19.1. The van der Waals surface area contributed by atoms with Gasteiger partial charge in [-0.25, -0.2) is 9.97 Å². The number of hydrogen-bond acceptors (Lipinski definition) is 8. The number of aryl methyl sites for hydroxylation is 2. The highest BCUT2D eigenvalue weighted by Crippen LogP contribution is 2.18. The first kappa shape index (κ1) is 24.1. The predicted octanol–water partition coefficient (Wildman–Crippen LogP) is 4.24. The van der Waals surface area contributed by atoms with Crippen LogP contribution in [0.4, 0.5) is 0 Å². The van der Waals surface area contributed by atoms with Gasteiger partial charge in [0.15, 0.2) is 9.66 Å². The molecule has 0 bridgehead atoms. The Balaban J connectivity index is 0.000000162. The zero-order chi connectivity index (χ0) is 22.4. The Bertz CT molecular complexity index is 1170. The molecule has 0 spiro atoms. The van der Waals surface area contributed by atoms with Gasteiger partial charge in [0.05, 0.1) is 20.8 Å². The minimum absolute atomic E-state index is 0.0666. The van der Waals surface area contributed by atoms with E-state index in [4.69, 9.17) is 9.11 Å². The molecule has 2 aromatic carbocycles. The lowest BCUT2D eigenvalue weighted by atomic mass is 10.2. The van der Waals surface area contributed by atoms with Gasteiger partial charge in [-0.05, 0) is 38.1 Å². The molecule has 2 aromatic heterocycles. The maximum Gasteiger partial charge on any atom is 0.294 e. The predicted molar refractivity (Wildman–Crippen MR) is 117 cm³/mol. The van der Waals surface area contributed by atoms with Gasteiger partial charge in [-0.3, -0.25) is 9.11 Å². The van der Waals surface area contributed by atoms with Crippen LogP contribution in [0.2, 0.25) is 0 Å². The van der Waals surface area contributed by atoms with Crippen molar-refractivity contribution in [2.45, 2.75) is 23.6 Å². The van der Waals surface area contributed by atoms with Crippen LogP contribution in [0, 0.1) is 13.8 Å². The van der Waals surface area contributed by atoms with E-state index in [0.717, 1.165) is 20.8 Å². The van der Waals surface area contributed by atoms with Gasteiger partial charge < -0.3 is 0 Å². The number of nitrogens with zero attached hydrogens (tertiary/aromatic N) is 2. The quantitative estimate of drug-likeness (QED) is 0.402. The molecule has 2 N–H and O–H groups in total. The number of benzene rings is 2. The van der Waals surface area contributed by atoms with Crippen molar-refractivity contribution in [1.82, 2.24) is 9.97 Å². The van der Waals surface area contributed by atoms with E-state index in [1.807, 2.05) is 24.9 Å². The number of fused-ring (bicyclic) bond motifs is 1. The second-order valence-electron chi connectivity index (χ2n) is 5.89. The van der Waals surface area contributed by atoms with Crippen molar-refractivity contribution < 1.29 is 25.9 Å². The fourth-order valence-corrected chi connectivity index (χ4v) is 4.37. The molecule has 0 radical (unpaired) electrons. The summed E-state index contributed by atoms with van der Waals surface area (Å²) in [5.41, 5.74) is 5.54. The first-order valence-electron chi connectivity index (χ1n) is 8.18. The van der Waals surface area contributed by atoms with E-state index in [0.29, 0.717) is 0 Å². The molecule has 160 valence electrons. The Hall–Kier alpha value is -2.22. The summed E-state index contributed by atoms with van der Waals surface area (Å²) in [4.78, 5) is 10.1. The van der Waals surface area contributed by atoms with Crippen molar-refractivity contribution in [1.29, 1.82) is 0 Å². The van der Waals surface area contributed by atoms with Gasteiger partial charge in [0.25, 0.3) is 20.2 Å². The van der Waals surface area contributed by atoms with E-state index in [9.17, 15) is 16.8 Å². The maximum absolute atomic E-state index is 10.5. The Morgan fingerprint density at radius 2 is 0.933 bits per heavy atom. The van der Waals surface area contributed by atoms with Crippen LogP contribution in [-0.2, 0) is 20.2 Å². The molecule has 12 heteroatoms. The van der Waals surface area contributed by atoms with Crippen LogP contribution < -0.4 is 0 Å². The minimum atomic E-state index is -4.02. The van der Waals surface area contributed by atoms with Gasteiger partial charge in [0.1, 0.15) is 0 Å². The zero-order valence-electron chi connectivity index (χ0n) is 15.8. The topological polar surface area (TPSA) is 135 Å². The summed E-state index contributed by atoms with van der Waals surface area (Å²) in [5, 5.41) is 0. The third-order valence-corrected chi connectivity index (χ3v) is 6.82. The lowest BCUT2D eigenvalue weighted by Gasteiger charge is -1.95. The van der Waals surface area contributed by atoms with Crippen molar-refractivity contribution >= 4 is 52.6 Å². The van der Waals surface area contributed by atoms with E-state index in [1.165, 1.54) is 24.3 Å². The van der Waals surface area contributed by atoms with Gasteiger partial charge in [-0.2, -0.15) is 16.8 Å². The molecule has 0 saturated heterocycles. The number of aromatic nitrogens is 2. The van der Waals surface area contributed by atoms with E-state index < -0.39 is 20.2 Å². The smallest absolute Gasteiger partial charge is 0.282 e. The molecule has 0 unspecified atom stereocenters. The fraction of sp³-hybridized carbons (Fsp3) is 0.111. The molecule has 2 heterocycles. The highest BCUT2D eigenvalue weighted by Gasteiger charge is 2.07. The molecule has 0 atom stereocenters. The number of rotatable bonds is 2. The summed E-state index contributed by atoms with van der Waals surface area (Å²) >= 11 is 3.16. The normalized spacial score (nSPS) is 11.2. The summed E-state index contributed by atoms with van der Waals surface area (Å²) in [6, 6.07) is 12.0. The standard InChI is InChI=1S/2C7H8O3S.C4H2N2S2/c2*1-6-2-4-7(5-3-6)11(8,9)10;1-5-3-4(7-1)6-2-8-3/h2*2-5H,1H3,(H,8,9,10);1-2H. The Labute approximate surface area is 182 Å². The molecule has 0 aliphatic rings. The van der Waals surface area contributed by atoms with Crippen molar-refractivity contribution in [2.24, 2.45) is 0 Å². The Morgan fingerprint density at radius 3 is 1.20 bits per heavy atom. The molecule has 0 aliphatic carbocycles. The lowest BCUT2D eigenvalue weighted by Crippen LogP contribution is -1.96. The van der Waals surface area contributed by atoms with Gasteiger partial charge in [0, 0.05) is 0 Å². The molecule has 30 heavy (non-hydrogen) atoms. The fourth-order valence-electron chi connectivity index (χ4n) is 1.94. The van der Waals surface area contributed by atoms with E-state index in [2.05, 4.69) is 9.97 Å². The minimum Gasteiger partial charge on any atom is -0.282 e. The molecule has 4 rings (SSSR count). The van der Waals surface area contributed by atoms with E-state index in [1.54, 1.807) is 46.9 Å². The van der Waals surface area contributed by atoms with Crippen LogP contribution in [0.1, 0.15) is 11.1 Å². The highest BCUT2D eigenvalue weighted by atomic mass is 32.2. The highest BCUT2D eigenvalue weighted by molar-refractivity contribution is 7.86. The summed E-state index contributed by atoms with van der Waals surface area (Å²) in [7, 11) is -8.04. The molecular formula is C18H18N2O6S4. The van der Waals surface area contributed by atoms with Gasteiger partial charge >= 0.3 is 0 Å². The van der Waals surface area contributed by atoms with E-state index >= 15 is 0 Å². The Morgan fingerprint density at radius 1 is 0.633 bits per heavy atom. The third kappa shape index (κ3) is 7.55. The van der Waals surface area contributed by atoms with Crippen LogP contribution in [0.5, 0.6) is 0 Å². The summed E-state index contributed by atoms with van der Waals surface area (Å²) in [5.74, 6) is 0. The maximum atomic E-state index is 10.5. The summed E-state index contributed by atoms with van der Waals surface area (Å²) in [6.07, 6.45) is 0. The van der Waals surface area contributed by atoms with Crippen molar-refractivity contribution in [2.75, 3.05) is 0 Å². The second-order valence-corrected chi connectivity index (χ2v) is 10.4. The SMILES string of the molecule is Cc1ccc(S(=O)(=O)O)cc1.Cc1ccc(S(=O)(=O)O)cc1.c1nc2scnc2s1. The molecule has 0 saturated carbocycles. The first-order chi connectivity index (χ1) is 14.0. The molecule has 8 nitrogen and oxygen atoms in total. The largest absolute Gasteiger partial charge is 0.294 e. The molecule has 0 aliphatic heterocycles. The van der Waals surface area contributed by atoms with Crippen molar-refractivity contribution in [3.8, 4) is 0 Å². The second kappa shape index (κ2) is 10.2. The lowest BCUT2D eigenvalue weighted by molar-refractivity contribution is 0.481. The van der Waals surface area contributed by atoms with Crippen LogP contribution in [-0.4, -0.2) is 35.9 Å². The van der Waals surface area contributed by atoms with Gasteiger partial charge in [-0.1, -0.05) is 35.4 Å².